The Bertz CT molecular complexity index is 2060. The van der Waals surface area contributed by atoms with E-state index in [4.69, 9.17) is 20.9 Å². The Labute approximate surface area is 250 Å². The normalized spacial score (nSPS) is 11.1. The monoisotopic (exact) mass is 621 g/mol. The molecular weight excluding hydrogens is 598 g/mol. The van der Waals surface area contributed by atoms with Gasteiger partial charge < -0.3 is 26.0 Å². The van der Waals surface area contributed by atoms with Gasteiger partial charge in [0, 0.05) is 17.1 Å². The molecule has 15 heteroatoms. The number of hydrogen-bond donors (Lipinski definition) is 3. The molecule has 0 aliphatic carbocycles. The van der Waals surface area contributed by atoms with Crippen LogP contribution in [0.4, 0.5) is 11.4 Å². The molecule has 220 valence electrons. The molecule has 0 saturated heterocycles. The minimum atomic E-state index is -1.02. The van der Waals surface area contributed by atoms with Crippen LogP contribution in [-0.2, 0) is 9.47 Å². The number of Topliss-reactive ketones (excluding diaryl/α,β-unsaturated/α-hetero) is 1. The highest BCUT2D eigenvalue weighted by atomic mass is 32.2. The molecule has 5 rings (SSSR count). The molecule has 0 bridgehead atoms. The number of rotatable bonds is 8. The van der Waals surface area contributed by atoms with Crippen molar-refractivity contribution in [2.75, 3.05) is 24.7 Å². The fourth-order valence-corrected chi connectivity index (χ4v) is 7.03. The number of aromatic hydroxyl groups is 1. The summed E-state index contributed by atoms with van der Waals surface area (Å²) < 4.78 is 11.3. The van der Waals surface area contributed by atoms with Gasteiger partial charge in [0.05, 0.1) is 34.0 Å². The zero-order valence-corrected chi connectivity index (χ0v) is 24.6. The van der Waals surface area contributed by atoms with Crippen molar-refractivity contribution < 1.29 is 33.8 Å². The number of nitrogen functional groups attached to an aromatic ring is 2. The van der Waals surface area contributed by atoms with Crippen LogP contribution in [0.2, 0.25) is 0 Å². The number of ether oxygens (including phenoxy) is 2. The van der Waals surface area contributed by atoms with Crippen LogP contribution in [0.1, 0.15) is 66.5 Å². The first-order chi connectivity index (χ1) is 20.5. The number of benzene rings is 1. The van der Waals surface area contributed by atoms with Crippen LogP contribution in [0.15, 0.2) is 35.3 Å². The molecule has 4 aromatic heterocycles. The molecule has 0 radical (unpaired) electrons. The summed E-state index contributed by atoms with van der Waals surface area (Å²) in [5.41, 5.74) is 10.2. The van der Waals surface area contributed by atoms with E-state index in [1.165, 1.54) is 18.3 Å². The van der Waals surface area contributed by atoms with Crippen molar-refractivity contribution >= 4 is 77.9 Å². The van der Waals surface area contributed by atoms with Gasteiger partial charge in [-0.2, -0.15) is 9.78 Å². The third kappa shape index (κ3) is 4.77. The van der Waals surface area contributed by atoms with Crippen LogP contribution in [0.3, 0.4) is 0 Å². The Morgan fingerprint density at radius 1 is 0.977 bits per heavy atom. The Balaban J connectivity index is 1.82. The minimum absolute atomic E-state index is 0.00182. The van der Waals surface area contributed by atoms with Crippen LogP contribution in [0, 0.1) is 0 Å². The maximum Gasteiger partial charge on any atom is 0.360 e. The van der Waals surface area contributed by atoms with Crippen LogP contribution in [0.25, 0.3) is 26.0 Å². The van der Waals surface area contributed by atoms with E-state index in [1.54, 1.807) is 26.0 Å². The third-order valence-electron chi connectivity index (χ3n) is 6.38. The number of phenols is 1. The molecule has 5 N–H and O–H groups in total. The zero-order valence-electron chi connectivity index (χ0n) is 22.9. The van der Waals surface area contributed by atoms with E-state index in [9.17, 15) is 29.1 Å². The van der Waals surface area contributed by atoms with Crippen molar-refractivity contribution in [3.8, 4) is 11.4 Å². The number of nitrogens with two attached hydrogens (primary N) is 2. The maximum atomic E-state index is 13.8. The van der Waals surface area contributed by atoms with E-state index in [0.29, 0.717) is 14.1 Å². The molecule has 5 aromatic rings. The Kier molecular flexibility index (Phi) is 7.69. The predicted molar refractivity (Wildman–Crippen MR) is 161 cm³/mol. The number of carbonyl (C=O) groups is 4. The van der Waals surface area contributed by atoms with E-state index in [0.717, 1.165) is 29.6 Å². The average Bonchev–Trinajstić information content (AvgIpc) is 3.50. The summed E-state index contributed by atoms with van der Waals surface area (Å²) in [7, 11) is 0. The largest absolute Gasteiger partial charge is 0.506 e. The number of phenolic OH excluding ortho intramolecular Hbond substituents is 1. The molecule has 1 aromatic carbocycles. The number of pyridine rings is 1. The van der Waals surface area contributed by atoms with Crippen LogP contribution in [-0.4, -0.2) is 56.6 Å². The lowest BCUT2D eigenvalue weighted by molar-refractivity contribution is 0.0515. The maximum absolute atomic E-state index is 13.8. The highest BCUT2D eigenvalue weighted by molar-refractivity contribution is 7.40. The second kappa shape index (κ2) is 11.3. The second-order valence-electron chi connectivity index (χ2n) is 9.00. The van der Waals surface area contributed by atoms with E-state index in [2.05, 4.69) is 10.1 Å². The molecule has 0 amide bonds. The smallest absolute Gasteiger partial charge is 0.360 e. The molecule has 4 heterocycles. The summed E-state index contributed by atoms with van der Waals surface area (Å²) in [6.45, 7) is 4.19. The molecule has 0 unspecified atom stereocenters. The summed E-state index contributed by atoms with van der Waals surface area (Å²) in [6, 6.07) is 6.03. The molecule has 0 aliphatic rings. The first-order valence-corrected chi connectivity index (χ1v) is 14.4. The zero-order chi connectivity index (χ0) is 31.2. The fourth-order valence-electron chi connectivity index (χ4n) is 4.54. The van der Waals surface area contributed by atoms with Gasteiger partial charge in [0.2, 0.25) is 5.78 Å². The van der Waals surface area contributed by atoms with Gasteiger partial charge >= 0.3 is 11.9 Å². The topological polar surface area (TPSA) is 207 Å². The fraction of sp³-hybridized carbons (Fsp3) is 0.179. The number of ketones is 2. The molecule has 0 atom stereocenters. The first-order valence-electron chi connectivity index (χ1n) is 12.8. The molecule has 0 fully saturated rings. The number of carbonyl (C=O) groups excluding carboxylic acids is 4. The number of fused-ring (bicyclic) bond motifs is 2. The summed E-state index contributed by atoms with van der Waals surface area (Å²) in [5, 5.41) is 14.8. The standard InChI is InChI=1S/C28H23N5O8S2/c1-4-40-26(38)20-17(29)15(11(3)34)25(37)33(32-20)21-16-18(30)23(42-28(16)43-24(21)27(39)41-5-2)22(36)13-8-9-14(35)19-12(13)7-6-10-31-19/h6-10,35H,4-5,29-30H2,1-3H3. The van der Waals surface area contributed by atoms with Gasteiger partial charge in [0.1, 0.15) is 32.3 Å². The molecule has 13 nitrogen and oxygen atoms in total. The number of hydrogen-bond acceptors (Lipinski definition) is 14. The van der Waals surface area contributed by atoms with Crippen molar-refractivity contribution in [1.29, 1.82) is 0 Å². The molecule has 43 heavy (non-hydrogen) atoms. The van der Waals surface area contributed by atoms with Crippen LogP contribution < -0.4 is 17.0 Å². The number of anilines is 2. The molecule has 0 aliphatic heterocycles. The van der Waals surface area contributed by atoms with Gasteiger partial charge in [-0.25, -0.2) is 9.59 Å². The summed E-state index contributed by atoms with van der Waals surface area (Å²) >= 11 is 1.87. The minimum Gasteiger partial charge on any atom is -0.506 e. The van der Waals surface area contributed by atoms with E-state index in [-0.39, 0.29) is 56.6 Å². The van der Waals surface area contributed by atoms with E-state index >= 15 is 0 Å². The van der Waals surface area contributed by atoms with E-state index in [1.807, 2.05) is 0 Å². The number of esters is 2. The Hall–Kier alpha value is -5.15. The number of aromatic nitrogens is 3. The summed E-state index contributed by atoms with van der Waals surface area (Å²) in [6.07, 6.45) is 1.48. The summed E-state index contributed by atoms with van der Waals surface area (Å²) in [4.78, 5) is 70.0. The van der Waals surface area contributed by atoms with Gasteiger partial charge in [0.15, 0.2) is 11.5 Å². The van der Waals surface area contributed by atoms with Crippen molar-refractivity contribution in [1.82, 2.24) is 14.8 Å². The highest BCUT2D eigenvalue weighted by Gasteiger charge is 2.32. The number of nitrogens with zero attached hydrogens (tertiary/aromatic N) is 3. The number of thiophene rings is 2. The van der Waals surface area contributed by atoms with Gasteiger partial charge in [0.25, 0.3) is 5.56 Å². The van der Waals surface area contributed by atoms with Gasteiger partial charge in [-0.05, 0) is 39.0 Å². The van der Waals surface area contributed by atoms with Gasteiger partial charge in [-0.15, -0.1) is 22.7 Å². The molecule has 0 saturated carbocycles. The Morgan fingerprint density at radius 2 is 1.65 bits per heavy atom. The quantitative estimate of drug-likeness (QED) is 0.167. The average molecular weight is 622 g/mol. The van der Waals surface area contributed by atoms with Crippen molar-refractivity contribution in [2.45, 2.75) is 20.8 Å². The van der Waals surface area contributed by atoms with Crippen molar-refractivity contribution in [2.24, 2.45) is 0 Å². The summed E-state index contributed by atoms with van der Waals surface area (Å²) in [5.74, 6) is -3.18. The second-order valence-corrected chi connectivity index (χ2v) is 11.3. The lowest BCUT2D eigenvalue weighted by Crippen LogP contribution is -2.32. The third-order valence-corrected chi connectivity index (χ3v) is 8.84. The lowest BCUT2D eigenvalue weighted by Gasteiger charge is -2.13. The Morgan fingerprint density at radius 3 is 2.33 bits per heavy atom. The lowest BCUT2D eigenvalue weighted by atomic mass is 10.0. The molecule has 0 spiro atoms. The first kappa shape index (κ1) is 29.3. The predicted octanol–water partition coefficient (Wildman–Crippen LogP) is 3.71. The van der Waals surface area contributed by atoms with Crippen molar-refractivity contribution in [3.05, 3.63) is 67.4 Å². The van der Waals surface area contributed by atoms with E-state index < -0.39 is 46.0 Å². The highest BCUT2D eigenvalue weighted by Crippen LogP contribution is 2.46. The van der Waals surface area contributed by atoms with Crippen LogP contribution in [0.5, 0.6) is 5.75 Å². The van der Waals surface area contributed by atoms with Gasteiger partial charge in [-0.1, -0.05) is 6.07 Å². The SMILES string of the molecule is CCOC(=O)c1nn(-c2c(C(=O)OCC)sc3sc(C(=O)c4ccc(O)c5ncccc45)c(N)c23)c(=O)c(C(C)=O)c1N. The van der Waals surface area contributed by atoms with Gasteiger partial charge in [-0.3, -0.25) is 19.4 Å². The van der Waals surface area contributed by atoms with Crippen molar-refractivity contribution in [3.63, 3.8) is 0 Å². The molecular formula is C28H23N5O8S2. The van der Waals surface area contributed by atoms with Crippen LogP contribution >= 0.6 is 22.7 Å².